The number of aromatic amines is 1. The zero-order valence-corrected chi connectivity index (χ0v) is 20.7. The van der Waals surface area contributed by atoms with E-state index in [0.29, 0.717) is 29.4 Å². The molecule has 1 aromatic heterocycles. The van der Waals surface area contributed by atoms with Crippen molar-refractivity contribution in [3.63, 3.8) is 0 Å². The molecule has 0 saturated carbocycles. The average Bonchev–Trinajstić information content (AvgIpc) is 3.52. The van der Waals surface area contributed by atoms with Gasteiger partial charge in [-0.2, -0.15) is 0 Å². The Morgan fingerprint density at radius 2 is 1.97 bits per heavy atom. The minimum atomic E-state index is -0.646. The maximum Gasteiger partial charge on any atom is 0.191 e. The van der Waals surface area contributed by atoms with Crippen LogP contribution in [-0.2, 0) is 6.42 Å². The molecule has 1 atom stereocenters. The molecule has 1 unspecified atom stereocenters. The lowest BCUT2D eigenvalue weighted by Gasteiger charge is -2.22. The van der Waals surface area contributed by atoms with Crippen molar-refractivity contribution >= 4 is 22.4 Å². The van der Waals surface area contributed by atoms with Crippen LogP contribution in [0.3, 0.4) is 0 Å². The lowest BCUT2D eigenvalue weighted by Crippen LogP contribution is -2.22. The molecule has 1 aliphatic rings. The summed E-state index contributed by atoms with van der Waals surface area (Å²) in [5.41, 5.74) is 6.41. The largest absolute Gasteiger partial charge is 0.497 e. The highest BCUT2D eigenvalue weighted by Crippen LogP contribution is 2.36. The number of hydrogen-bond acceptors (Lipinski definition) is 6. The summed E-state index contributed by atoms with van der Waals surface area (Å²) < 4.78 is 16.8. The number of ketones is 1. The topological polar surface area (TPSA) is 92.8 Å². The minimum Gasteiger partial charge on any atom is -0.497 e. The highest BCUT2D eigenvalue weighted by Gasteiger charge is 2.28. The first-order chi connectivity index (χ1) is 17.5. The zero-order chi connectivity index (χ0) is 25.2. The Morgan fingerprint density at radius 1 is 1.14 bits per heavy atom. The smallest absolute Gasteiger partial charge is 0.191 e. The number of aliphatic hydroxyl groups is 1. The molecule has 0 fully saturated rings. The van der Waals surface area contributed by atoms with Crippen molar-refractivity contribution in [1.29, 1.82) is 0 Å². The Balaban J connectivity index is 1.57. The Labute approximate surface area is 210 Å². The lowest BCUT2D eigenvalue weighted by atomic mass is 9.92. The van der Waals surface area contributed by atoms with Crippen LogP contribution in [0.25, 0.3) is 10.9 Å². The molecule has 0 spiro atoms. The van der Waals surface area contributed by atoms with E-state index in [1.165, 1.54) is 0 Å². The molecule has 3 N–H and O–H groups in total. The van der Waals surface area contributed by atoms with Gasteiger partial charge in [0.1, 0.15) is 29.9 Å². The van der Waals surface area contributed by atoms with Crippen molar-refractivity contribution in [2.45, 2.75) is 26.3 Å². The molecule has 5 rings (SSSR count). The predicted octanol–water partition coefficient (Wildman–Crippen LogP) is 5.14. The third-order valence-electron chi connectivity index (χ3n) is 6.58. The van der Waals surface area contributed by atoms with Crippen LogP contribution in [0.2, 0.25) is 0 Å². The number of anilines is 1. The van der Waals surface area contributed by atoms with Crippen molar-refractivity contribution in [3.05, 3.63) is 82.5 Å². The van der Waals surface area contributed by atoms with Gasteiger partial charge >= 0.3 is 0 Å². The summed E-state index contributed by atoms with van der Waals surface area (Å²) in [6.07, 6.45) is 2.62. The van der Waals surface area contributed by atoms with E-state index in [9.17, 15) is 4.79 Å². The van der Waals surface area contributed by atoms with E-state index in [4.69, 9.17) is 19.3 Å². The maximum absolute atomic E-state index is 14.2. The van der Waals surface area contributed by atoms with Crippen molar-refractivity contribution < 1.29 is 24.1 Å². The first-order valence-corrected chi connectivity index (χ1v) is 12.0. The number of Topliss-reactive ketones (excluding diaryl/α,β-unsaturated/α-hetero) is 1. The number of methoxy groups -OCH3 is 1. The third-order valence-corrected chi connectivity index (χ3v) is 6.58. The van der Waals surface area contributed by atoms with Gasteiger partial charge in [-0.1, -0.05) is 23.8 Å². The average molecular weight is 487 g/mol. The second-order valence-corrected chi connectivity index (χ2v) is 9.04. The van der Waals surface area contributed by atoms with Crippen molar-refractivity contribution in [2.24, 2.45) is 0 Å². The molecule has 7 nitrogen and oxygen atoms in total. The molecule has 0 saturated heterocycles. The van der Waals surface area contributed by atoms with E-state index in [2.05, 4.69) is 16.4 Å². The Hall–Kier alpha value is -3.97. The van der Waals surface area contributed by atoms with Crippen LogP contribution in [0, 0.1) is 13.8 Å². The number of carbonyl (C=O) groups is 1. The number of aromatic nitrogens is 1. The van der Waals surface area contributed by atoms with Crippen molar-refractivity contribution in [2.75, 3.05) is 32.2 Å². The number of carbonyl (C=O) groups excluding carboxylic acids is 1. The second-order valence-electron chi connectivity index (χ2n) is 9.04. The molecule has 3 aromatic carbocycles. The van der Waals surface area contributed by atoms with Gasteiger partial charge in [0.2, 0.25) is 0 Å². The van der Waals surface area contributed by atoms with Crippen LogP contribution in [-0.4, -0.2) is 42.8 Å². The van der Waals surface area contributed by atoms with Crippen LogP contribution in [0.5, 0.6) is 17.2 Å². The number of aliphatic hydroxyl groups excluding tert-OH is 1. The highest BCUT2D eigenvalue weighted by atomic mass is 16.5. The van der Waals surface area contributed by atoms with Gasteiger partial charge in [0.05, 0.1) is 25.8 Å². The van der Waals surface area contributed by atoms with E-state index in [1.807, 2.05) is 44.2 Å². The first-order valence-electron chi connectivity index (χ1n) is 12.0. The van der Waals surface area contributed by atoms with Gasteiger partial charge in [-0.05, 0) is 37.1 Å². The zero-order valence-electron chi connectivity index (χ0n) is 20.7. The van der Waals surface area contributed by atoms with Gasteiger partial charge in [0.15, 0.2) is 5.78 Å². The third kappa shape index (κ3) is 4.50. The van der Waals surface area contributed by atoms with Crippen LogP contribution in [0.15, 0.2) is 54.7 Å². The normalized spacial score (nSPS) is 13.2. The van der Waals surface area contributed by atoms with Gasteiger partial charge in [-0.25, -0.2) is 0 Å². The van der Waals surface area contributed by atoms with E-state index in [0.717, 1.165) is 45.3 Å². The van der Waals surface area contributed by atoms with Gasteiger partial charge < -0.3 is 29.6 Å². The summed E-state index contributed by atoms with van der Waals surface area (Å²) in [5, 5.41) is 13.5. The number of aryl methyl sites for hydroxylation is 2. The molecular weight excluding hydrogens is 456 g/mol. The molecule has 2 heterocycles. The van der Waals surface area contributed by atoms with E-state index in [1.54, 1.807) is 25.4 Å². The van der Waals surface area contributed by atoms with Crippen LogP contribution in [0.4, 0.5) is 5.69 Å². The van der Waals surface area contributed by atoms with Crippen LogP contribution in [0.1, 0.15) is 38.7 Å². The quantitative estimate of drug-likeness (QED) is 0.284. The van der Waals surface area contributed by atoms with Gasteiger partial charge in [-0.15, -0.1) is 0 Å². The number of ether oxygens (including phenoxy) is 3. The SMILES string of the molecule is COc1cc(NC(C(=O)c2c[nH]c3c4c(ccc23)OCC4)c2ccc(C)cc2C)cc(OCCO)c1. The molecule has 0 aliphatic carbocycles. The van der Waals surface area contributed by atoms with Gasteiger partial charge in [0.25, 0.3) is 0 Å². The number of nitrogens with one attached hydrogen (secondary N) is 2. The summed E-state index contributed by atoms with van der Waals surface area (Å²) in [6.45, 7) is 4.77. The van der Waals surface area contributed by atoms with E-state index < -0.39 is 6.04 Å². The van der Waals surface area contributed by atoms with Crippen LogP contribution < -0.4 is 19.5 Å². The highest BCUT2D eigenvalue weighted by molar-refractivity contribution is 6.12. The van der Waals surface area contributed by atoms with Gasteiger partial charge in [0, 0.05) is 53.0 Å². The number of fused-ring (bicyclic) bond motifs is 3. The molecule has 0 bridgehead atoms. The molecule has 36 heavy (non-hydrogen) atoms. The number of benzene rings is 3. The Bertz CT molecular complexity index is 1420. The monoisotopic (exact) mass is 486 g/mol. The summed E-state index contributed by atoms with van der Waals surface area (Å²) in [7, 11) is 1.58. The number of H-pyrrole nitrogens is 1. The number of hydrogen-bond donors (Lipinski definition) is 3. The molecule has 7 heteroatoms. The molecule has 0 radical (unpaired) electrons. The Kier molecular flexibility index (Phi) is 6.57. The fourth-order valence-corrected chi connectivity index (χ4v) is 4.87. The number of rotatable bonds is 9. The summed E-state index contributed by atoms with van der Waals surface area (Å²) in [6, 6.07) is 14.7. The van der Waals surface area contributed by atoms with Crippen molar-refractivity contribution in [3.8, 4) is 17.2 Å². The van der Waals surface area contributed by atoms with Crippen molar-refractivity contribution in [1.82, 2.24) is 4.98 Å². The second kappa shape index (κ2) is 9.95. The maximum atomic E-state index is 14.2. The fourth-order valence-electron chi connectivity index (χ4n) is 4.87. The lowest BCUT2D eigenvalue weighted by molar-refractivity contribution is 0.0971. The molecule has 186 valence electrons. The summed E-state index contributed by atoms with van der Waals surface area (Å²) >= 11 is 0. The minimum absolute atomic E-state index is 0.0484. The fraction of sp³-hybridized carbons (Fsp3) is 0.276. The van der Waals surface area contributed by atoms with Gasteiger partial charge in [-0.3, -0.25) is 4.79 Å². The standard InChI is InChI=1S/C29H30N2O5/c1-17-4-5-22(18(2)12-17)28(31-19-13-20(34-3)15-21(14-19)35-11-9-32)29(33)25-16-30-27-23(25)6-7-26-24(27)8-10-36-26/h4-7,12-16,28,30-32H,8-11H2,1-3H3. The summed E-state index contributed by atoms with van der Waals surface area (Å²) in [4.78, 5) is 17.5. The first kappa shape index (κ1) is 23.8. The Morgan fingerprint density at radius 3 is 2.75 bits per heavy atom. The van der Waals surface area contributed by atoms with Crippen LogP contribution >= 0.6 is 0 Å². The van der Waals surface area contributed by atoms with E-state index >= 15 is 0 Å². The summed E-state index contributed by atoms with van der Waals surface area (Å²) in [5.74, 6) is 1.95. The molecular formula is C29H30N2O5. The molecule has 4 aromatic rings. The van der Waals surface area contributed by atoms with E-state index in [-0.39, 0.29) is 19.0 Å². The molecule has 1 aliphatic heterocycles. The predicted molar refractivity (Wildman–Crippen MR) is 140 cm³/mol. The molecule has 0 amide bonds.